The zero-order chi connectivity index (χ0) is 19.1. The summed E-state index contributed by atoms with van der Waals surface area (Å²) in [6.45, 7) is 0. The van der Waals surface area contributed by atoms with E-state index < -0.39 is 11.6 Å². The van der Waals surface area contributed by atoms with Gasteiger partial charge in [-0.15, -0.1) is 0 Å². The van der Waals surface area contributed by atoms with Gasteiger partial charge in [0.1, 0.15) is 29.4 Å². The Kier molecular flexibility index (Phi) is 4.19. The minimum absolute atomic E-state index is 0.372. The monoisotopic (exact) mass is 378 g/mol. The Morgan fingerprint density at radius 3 is 2.64 bits per heavy atom. The van der Waals surface area contributed by atoms with Gasteiger partial charge in [0, 0.05) is 28.6 Å². The second-order valence-electron chi connectivity index (χ2n) is 7.43. The van der Waals surface area contributed by atoms with E-state index in [0.29, 0.717) is 17.2 Å². The molecule has 1 fully saturated rings. The molecule has 0 saturated heterocycles. The van der Waals surface area contributed by atoms with E-state index in [4.69, 9.17) is 0 Å². The first-order valence-corrected chi connectivity index (χ1v) is 9.67. The number of fused-ring (bicyclic) bond motifs is 3. The molecule has 142 valence electrons. The predicted molar refractivity (Wildman–Crippen MR) is 107 cm³/mol. The van der Waals surface area contributed by atoms with E-state index in [2.05, 4.69) is 20.3 Å². The van der Waals surface area contributed by atoms with Crippen LogP contribution in [0, 0.1) is 11.6 Å². The lowest BCUT2D eigenvalue weighted by atomic mass is 9.95. The molecule has 0 bridgehead atoms. The molecule has 0 unspecified atom stereocenters. The van der Waals surface area contributed by atoms with Crippen LogP contribution < -0.4 is 5.32 Å². The number of aromatic amines is 1. The van der Waals surface area contributed by atoms with Crippen LogP contribution in [0.3, 0.4) is 0 Å². The molecule has 4 nitrogen and oxygen atoms in total. The average molecular weight is 378 g/mol. The number of anilines is 1. The number of nitrogens with one attached hydrogen (secondary N) is 2. The molecule has 28 heavy (non-hydrogen) atoms. The predicted octanol–water partition coefficient (Wildman–Crippen LogP) is 5.80. The summed E-state index contributed by atoms with van der Waals surface area (Å²) >= 11 is 0. The fourth-order valence-electron chi connectivity index (χ4n) is 4.16. The van der Waals surface area contributed by atoms with E-state index in [1.165, 1.54) is 31.4 Å². The summed E-state index contributed by atoms with van der Waals surface area (Å²) in [7, 11) is 0. The zero-order valence-corrected chi connectivity index (χ0v) is 15.3. The molecule has 0 atom stereocenters. The Labute approximate surface area is 161 Å². The lowest BCUT2D eigenvalue weighted by molar-refractivity contribution is 0.462. The van der Waals surface area contributed by atoms with Gasteiger partial charge in [-0.25, -0.2) is 18.7 Å². The molecule has 2 N–H and O–H groups in total. The van der Waals surface area contributed by atoms with Crippen LogP contribution in [-0.4, -0.2) is 21.0 Å². The van der Waals surface area contributed by atoms with Gasteiger partial charge < -0.3 is 10.3 Å². The number of halogens is 2. The topological polar surface area (TPSA) is 53.6 Å². The normalized spacial score (nSPS) is 15.4. The number of aromatic nitrogens is 3. The molecule has 1 aliphatic rings. The minimum Gasteiger partial charge on any atom is -0.367 e. The molecule has 6 heteroatoms. The fourth-order valence-corrected chi connectivity index (χ4v) is 4.16. The average Bonchev–Trinajstić information content (AvgIpc) is 3.07. The summed E-state index contributed by atoms with van der Waals surface area (Å²) in [4.78, 5) is 12.2. The van der Waals surface area contributed by atoms with Gasteiger partial charge in [0.15, 0.2) is 0 Å². The number of hydrogen-bond acceptors (Lipinski definition) is 3. The van der Waals surface area contributed by atoms with Gasteiger partial charge in [-0.1, -0.05) is 25.3 Å². The van der Waals surface area contributed by atoms with E-state index in [1.54, 1.807) is 6.33 Å². The summed E-state index contributed by atoms with van der Waals surface area (Å²) in [6.07, 6.45) is 7.59. The first-order chi connectivity index (χ1) is 13.7. The molecule has 0 amide bonds. The molecule has 0 radical (unpaired) electrons. The number of H-pyrrole nitrogens is 1. The van der Waals surface area contributed by atoms with Gasteiger partial charge in [-0.05, 0) is 42.7 Å². The second-order valence-corrected chi connectivity index (χ2v) is 7.43. The van der Waals surface area contributed by atoms with E-state index in [0.717, 1.165) is 46.7 Å². The molecule has 1 aliphatic carbocycles. The van der Waals surface area contributed by atoms with Crippen molar-refractivity contribution in [2.75, 3.05) is 5.32 Å². The Bertz CT molecular complexity index is 1160. The van der Waals surface area contributed by atoms with Gasteiger partial charge in [0.25, 0.3) is 0 Å². The van der Waals surface area contributed by atoms with Crippen LogP contribution >= 0.6 is 0 Å². The maximum Gasteiger partial charge on any atom is 0.143 e. The van der Waals surface area contributed by atoms with Crippen molar-refractivity contribution < 1.29 is 8.78 Å². The highest BCUT2D eigenvalue weighted by atomic mass is 19.1. The van der Waals surface area contributed by atoms with Crippen LogP contribution in [0.5, 0.6) is 0 Å². The van der Waals surface area contributed by atoms with E-state index in [-0.39, 0.29) is 0 Å². The SMILES string of the molecule is Fc1ccc(-c2ccc3[nH]c4ncnc(NC5CCCCC5)c4c3c2)c(F)c1. The first-order valence-electron chi connectivity index (χ1n) is 9.67. The van der Waals surface area contributed by atoms with Crippen molar-refractivity contribution in [3.05, 3.63) is 54.4 Å². The Balaban J connectivity index is 1.64. The fraction of sp³-hybridized carbons (Fsp3) is 0.273. The smallest absolute Gasteiger partial charge is 0.143 e. The van der Waals surface area contributed by atoms with Gasteiger partial charge in [-0.2, -0.15) is 0 Å². The summed E-state index contributed by atoms with van der Waals surface area (Å²) < 4.78 is 27.6. The van der Waals surface area contributed by atoms with Crippen molar-refractivity contribution in [3.63, 3.8) is 0 Å². The summed E-state index contributed by atoms with van der Waals surface area (Å²) in [5.41, 5.74) is 2.73. The first kappa shape index (κ1) is 17.1. The number of rotatable bonds is 3. The third-order valence-electron chi connectivity index (χ3n) is 5.58. The molecule has 2 aromatic heterocycles. The van der Waals surface area contributed by atoms with Crippen LogP contribution in [0.1, 0.15) is 32.1 Å². The van der Waals surface area contributed by atoms with Crippen LogP contribution in [0.2, 0.25) is 0 Å². The quantitative estimate of drug-likeness (QED) is 0.474. The van der Waals surface area contributed by atoms with Crippen molar-refractivity contribution >= 4 is 27.8 Å². The summed E-state index contributed by atoms with van der Waals surface area (Å²) in [6, 6.07) is 9.72. The maximum absolute atomic E-state index is 14.3. The highest BCUT2D eigenvalue weighted by Gasteiger charge is 2.18. The third-order valence-corrected chi connectivity index (χ3v) is 5.58. The van der Waals surface area contributed by atoms with E-state index in [1.807, 2.05) is 18.2 Å². The van der Waals surface area contributed by atoms with Crippen LogP contribution in [-0.2, 0) is 0 Å². The van der Waals surface area contributed by atoms with Gasteiger partial charge in [0.2, 0.25) is 0 Å². The van der Waals surface area contributed by atoms with Crippen molar-refractivity contribution in [2.45, 2.75) is 38.1 Å². The molecule has 5 rings (SSSR count). The van der Waals surface area contributed by atoms with Gasteiger partial charge >= 0.3 is 0 Å². The maximum atomic E-state index is 14.3. The van der Waals surface area contributed by atoms with Crippen LogP contribution in [0.15, 0.2) is 42.7 Å². The Hall–Kier alpha value is -3.02. The molecular formula is C22H20F2N4. The lowest BCUT2D eigenvalue weighted by Gasteiger charge is -2.23. The van der Waals surface area contributed by atoms with Crippen LogP contribution in [0.4, 0.5) is 14.6 Å². The molecule has 0 spiro atoms. The van der Waals surface area contributed by atoms with Crippen molar-refractivity contribution in [2.24, 2.45) is 0 Å². The van der Waals surface area contributed by atoms with Crippen LogP contribution in [0.25, 0.3) is 33.1 Å². The lowest BCUT2D eigenvalue weighted by Crippen LogP contribution is -2.22. The molecule has 1 saturated carbocycles. The standard InChI is InChI=1S/C22H20F2N4/c23-14-7-8-16(18(24)11-14)13-6-9-19-17(10-13)20-21(25-12-26-22(20)28-19)27-15-4-2-1-3-5-15/h6-12,15H,1-5H2,(H2,25,26,27,28). The Morgan fingerprint density at radius 1 is 0.964 bits per heavy atom. The zero-order valence-electron chi connectivity index (χ0n) is 15.3. The molecule has 0 aliphatic heterocycles. The summed E-state index contributed by atoms with van der Waals surface area (Å²) in [5, 5.41) is 5.42. The number of hydrogen-bond donors (Lipinski definition) is 2. The van der Waals surface area contributed by atoms with Crippen molar-refractivity contribution in [3.8, 4) is 11.1 Å². The number of nitrogens with zero attached hydrogens (tertiary/aromatic N) is 2. The highest BCUT2D eigenvalue weighted by molar-refractivity contribution is 6.12. The van der Waals surface area contributed by atoms with E-state index in [9.17, 15) is 8.78 Å². The van der Waals surface area contributed by atoms with Gasteiger partial charge in [0.05, 0.1) is 5.39 Å². The molecule has 2 aromatic carbocycles. The number of benzene rings is 2. The van der Waals surface area contributed by atoms with E-state index >= 15 is 0 Å². The second kappa shape index (κ2) is 6.86. The minimum atomic E-state index is -0.582. The molecule has 4 aromatic rings. The highest BCUT2D eigenvalue weighted by Crippen LogP contribution is 2.34. The Morgan fingerprint density at radius 2 is 1.82 bits per heavy atom. The summed E-state index contributed by atoms with van der Waals surface area (Å²) in [5.74, 6) is -0.349. The molecular weight excluding hydrogens is 358 g/mol. The van der Waals surface area contributed by atoms with Crippen molar-refractivity contribution in [1.29, 1.82) is 0 Å². The third kappa shape index (κ3) is 2.99. The van der Waals surface area contributed by atoms with Gasteiger partial charge in [-0.3, -0.25) is 0 Å². The van der Waals surface area contributed by atoms with Crippen molar-refractivity contribution in [1.82, 2.24) is 15.0 Å². The largest absolute Gasteiger partial charge is 0.367 e. The molecule has 2 heterocycles.